The van der Waals surface area contributed by atoms with Crippen LogP contribution >= 0.6 is 11.6 Å². The van der Waals surface area contributed by atoms with Gasteiger partial charge in [0.1, 0.15) is 5.15 Å². The zero-order valence-corrected chi connectivity index (χ0v) is 13.8. The average molecular weight is 306 g/mol. The Balaban J connectivity index is 1.88. The van der Waals surface area contributed by atoms with Gasteiger partial charge in [0.15, 0.2) is 0 Å². The summed E-state index contributed by atoms with van der Waals surface area (Å²) in [5, 5.41) is 8.55. The van der Waals surface area contributed by atoms with E-state index < -0.39 is 0 Å². The third-order valence-corrected chi connectivity index (χ3v) is 4.46. The van der Waals surface area contributed by atoms with Crippen molar-refractivity contribution in [1.82, 2.24) is 15.1 Å². The molecule has 114 valence electrons. The molecule has 21 heavy (non-hydrogen) atoms. The van der Waals surface area contributed by atoms with Gasteiger partial charge in [-0.3, -0.25) is 4.68 Å². The van der Waals surface area contributed by atoms with Crippen LogP contribution in [0.2, 0.25) is 5.15 Å². The lowest BCUT2D eigenvalue weighted by Crippen LogP contribution is -2.28. The lowest BCUT2D eigenvalue weighted by Gasteiger charge is -2.16. The van der Waals surface area contributed by atoms with Crippen molar-refractivity contribution >= 4 is 11.6 Å². The van der Waals surface area contributed by atoms with E-state index in [0.29, 0.717) is 6.04 Å². The second kappa shape index (κ2) is 7.62. The number of nitrogens with zero attached hydrogens (tertiary/aromatic N) is 2. The molecule has 1 aromatic heterocycles. The fourth-order valence-corrected chi connectivity index (χ4v) is 2.95. The number of aromatic nitrogens is 2. The van der Waals surface area contributed by atoms with Crippen LogP contribution in [0.5, 0.6) is 0 Å². The lowest BCUT2D eigenvalue weighted by atomic mass is 9.99. The van der Waals surface area contributed by atoms with Gasteiger partial charge in [-0.2, -0.15) is 5.10 Å². The van der Waals surface area contributed by atoms with E-state index in [1.54, 1.807) is 4.68 Å². The Bertz CT molecular complexity index is 563. The van der Waals surface area contributed by atoms with Crippen LogP contribution in [0.4, 0.5) is 0 Å². The zero-order chi connectivity index (χ0) is 15.2. The van der Waals surface area contributed by atoms with Crippen LogP contribution in [-0.4, -0.2) is 22.9 Å². The molecule has 0 amide bonds. The van der Waals surface area contributed by atoms with E-state index in [2.05, 4.69) is 40.7 Å². The smallest absolute Gasteiger partial charge is 0.130 e. The largest absolute Gasteiger partial charge is 0.317 e. The molecule has 1 unspecified atom stereocenters. The van der Waals surface area contributed by atoms with Gasteiger partial charge in [-0.05, 0) is 45.2 Å². The third-order valence-electron chi connectivity index (χ3n) is 3.99. The van der Waals surface area contributed by atoms with Crippen LogP contribution in [0.15, 0.2) is 30.3 Å². The summed E-state index contributed by atoms with van der Waals surface area (Å²) >= 11 is 6.32. The van der Waals surface area contributed by atoms with Gasteiger partial charge in [0.05, 0.1) is 5.69 Å². The third kappa shape index (κ3) is 4.32. The van der Waals surface area contributed by atoms with E-state index in [1.807, 2.05) is 21.0 Å². The Morgan fingerprint density at radius 3 is 2.57 bits per heavy atom. The molecule has 0 radical (unpaired) electrons. The Hall–Kier alpha value is -1.32. The fraction of sp³-hybridized carbons (Fsp3) is 0.471. The van der Waals surface area contributed by atoms with Crippen LogP contribution in [0.1, 0.15) is 29.7 Å². The maximum atomic E-state index is 6.32. The summed E-state index contributed by atoms with van der Waals surface area (Å²) in [6, 6.07) is 11.1. The molecule has 3 nitrogen and oxygen atoms in total. The molecule has 4 heteroatoms. The van der Waals surface area contributed by atoms with Crippen molar-refractivity contribution in [2.24, 2.45) is 7.05 Å². The van der Waals surface area contributed by atoms with E-state index in [1.165, 1.54) is 17.5 Å². The van der Waals surface area contributed by atoms with Crippen molar-refractivity contribution in [3.8, 4) is 0 Å². The molecule has 1 heterocycles. The van der Waals surface area contributed by atoms with Gasteiger partial charge in [0.25, 0.3) is 0 Å². The molecule has 0 bridgehead atoms. The summed E-state index contributed by atoms with van der Waals surface area (Å²) in [5.41, 5.74) is 3.60. The first-order chi connectivity index (χ1) is 10.1. The van der Waals surface area contributed by atoms with Gasteiger partial charge in [-0.25, -0.2) is 0 Å². The molecule has 0 fully saturated rings. The molecule has 1 aromatic carbocycles. The number of aryl methyl sites for hydroxylation is 3. The molecular formula is C17H24ClN3. The minimum atomic E-state index is 0.439. The van der Waals surface area contributed by atoms with Crippen LogP contribution < -0.4 is 5.32 Å². The molecule has 0 spiro atoms. The predicted molar refractivity (Wildman–Crippen MR) is 88.9 cm³/mol. The van der Waals surface area contributed by atoms with E-state index in [4.69, 9.17) is 11.6 Å². The van der Waals surface area contributed by atoms with E-state index in [9.17, 15) is 0 Å². The van der Waals surface area contributed by atoms with Crippen molar-refractivity contribution in [3.05, 3.63) is 52.3 Å². The first kappa shape index (κ1) is 16.1. The van der Waals surface area contributed by atoms with E-state index in [-0.39, 0.29) is 0 Å². The van der Waals surface area contributed by atoms with Gasteiger partial charge < -0.3 is 5.32 Å². The summed E-state index contributed by atoms with van der Waals surface area (Å²) in [6.07, 6.45) is 4.37. The highest BCUT2D eigenvalue weighted by Gasteiger charge is 2.15. The van der Waals surface area contributed by atoms with Crippen LogP contribution in [-0.2, 0) is 19.9 Å². The molecule has 1 N–H and O–H groups in total. The lowest BCUT2D eigenvalue weighted by molar-refractivity contribution is 0.501. The van der Waals surface area contributed by atoms with Gasteiger partial charge in [-0.1, -0.05) is 41.9 Å². The van der Waals surface area contributed by atoms with Crippen molar-refractivity contribution in [2.75, 3.05) is 7.05 Å². The van der Waals surface area contributed by atoms with Crippen molar-refractivity contribution < 1.29 is 0 Å². The fourth-order valence-electron chi connectivity index (χ4n) is 2.70. The molecular weight excluding hydrogens is 282 g/mol. The first-order valence-corrected chi connectivity index (χ1v) is 7.88. The zero-order valence-electron chi connectivity index (χ0n) is 13.1. The number of nitrogens with one attached hydrogen (secondary N) is 1. The maximum absolute atomic E-state index is 6.32. The normalized spacial score (nSPS) is 12.6. The monoisotopic (exact) mass is 305 g/mol. The molecule has 0 aliphatic rings. The molecule has 2 aromatic rings. The highest BCUT2D eigenvalue weighted by atomic mass is 35.5. The van der Waals surface area contributed by atoms with E-state index >= 15 is 0 Å². The quantitative estimate of drug-likeness (QED) is 0.848. The number of rotatable bonds is 7. The van der Waals surface area contributed by atoms with Crippen molar-refractivity contribution in [3.63, 3.8) is 0 Å². The van der Waals surface area contributed by atoms with Crippen molar-refractivity contribution in [2.45, 2.75) is 38.6 Å². The maximum Gasteiger partial charge on any atom is 0.130 e. The summed E-state index contributed by atoms with van der Waals surface area (Å²) in [5.74, 6) is 0. The van der Waals surface area contributed by atoms with Crippen LogP contribution in [0.3, 0.4) is 0 Å². The molecule has 0 aliphatic carbocycles. The molecule has 0 aliphatic heterocycles. The standard InChI is InChI=1S/C17H24ClN3/c1-13-16(17(18)21(3)20-13)12-15(19-2)11-7-10-14-8-5-4-6-9-14/h4-6,8-9,15,19H,7,10-12H2,1-3H3. The van der Waals surface area contributed by atoms with Crippen LogP contribution in [0, 0.1) is 6.92 Å². The van der Waals surface area contributed by atoms with Gasteiger partial charge in [-0.15, -0.1) is 0 Å². The second-order valence-corrected chi connectivity index (χ2v) is 5.90. The number of benzene rings is 1. The van der Waals surface area contributed by atoms with Gasteiger partial charge in [0.2, 0.25) is 0 Å². The minimum absolute atomic E-state index is 0.439. The number of hydrogen-bond donors (Lipinski definition) is 1. The molecule has 0 saturated heterocycles. The summed E-state index contributed by atoms with van der Waals surface area (Å²) in [7, 11) is 3.91. The molecule has 1 atom stereocenters. The number of hydrogen-bond acceptors (Lipinski definition) is 2. The second-order valence-electron chi connectivity index (χ2n) is 5.55. The Morgan fingerprint density at radius 2 is 2.00 bits per heavy atom. The molecule has 0 saturated carbocycles. The highest BCUT2D eigenvalue weighted by Crippen LogP contribution is 2.21. The number of likely N-dealkylation sites (N-methyl/N-ethyl adjacent to an activating group) is 1. The number of halogens is 1. The minimum Gasteiger partial charge on any atom is -0.317 e. The topological polar surface area (TPSA) is 29.9 Å². The average Bonchev–Trinajstić information content (AvgIpc) is 2.73. The van der Waals surface area contributed by atoms with Gasteiger partial charge >= 0.3 is 0 Å². The predicted octanol–water partition coefficient (Wildman–Crippen LogP) is 3.54. The Kier molecular flexibility index (Phi) is 5.83. The van der Waals surface area contributed by atoms with Crippen LogP contribution in [0.25, 0.3) is 0 Å². The molecule has 2 rings (SSSR count). The summed E-state index contributed by atoms with van der Waals surface area (Å²) in [4.78, 5) is 0. The summed E-state index contributed by atoms with van der Waals surface area (Å²) in [6.45, 7) is 2.03. The summed E-state index contributed by atoms with van der Waals surface area (Å²) < 4.78 is 1.75. The highest BCUT2D eigenvalue weighted by molar-refractivity contribution is 6.30. The van der Waals surface area contributed by atoms with Gasteiger partial charge in [0, 0.05) is 18.7 Å². The Morgan fingerprint density at radius 1 is 1.29 bits per heavy atom. The van der Waals surface area contributed by atoms with Crippen molar-refractivity contribution in [1.29, 1.82) is 0 Å². The first-order valence-electron chi connectivity index (χ1n) is 7.51. The van der Waals surface area contributed by atoms with E-state index in [0.717, 1.165) is 30.1 Å². The Labute approximate surface area is 132 Å². The SMILES string of the molecule is CNC(CCCc1ccccc1)Cc1c(C)nn(C)c1Cl.